The van der Waals surface area contributed by atoms with Gasteiger partial charge in [0.05, 0.1) is 4.90 Å². The fourth-order valence-corrected chi connectivity index (χ4v) is 5.08. The van der Waals surface area contributed by atoms with E-state index in [4.69, 9.17) is 0 Å². The van der Waals surface area contributed by atoms with E-state index in [0.29, 0.717) is 17.8 Å². The van der Waals surface area contributed by atoms with Crippen molar-refractivity contribution in [2.24, 2.45) is 0 Å². The summed E-state index contributed by atoms with van der Waals surface area (Å²) < 4.78 is 27.3. The van der Waals surface area contributed by atoms with E-state index in [1.807, 2.05) is 24.3 Å². The molecule has 1 aliphatic rings. The largest absolute Gasteiger partial charge is 0.322 e. The Morgan fingerprint density at radius 1 is 0.909 bits per heavy atom. The fourth-order valence-electron chi connectivity index (χ4n) is 3.79. The minimum absolute atomic E-state index is 0.0238. The predicted octanol–water partition coefficient (Wildman–Crippen LogP) is 3.83. The Labute approximate surface area is 193 Å². The van der Waals surface area contributed by atoms with Crippen LogP contribution >= 0.6 is 0 Å². The number of anilines is 2. The van der Waals surface area contributed by atoms with E-state index < -0.39 is 15.9 Å². The Balaban J connectivity index is 1.46. The average molecular weight is 464 g/mol. The number of para-hydroxylation sites is 1. The molecule has 2 N–H and O–H groups in total. The van der Waals surface area contributed by atoms with Gasteiger partial charge in [-0.25, -0.2) is 13.1 Å². The van der Waals surface area contributed by atoms with Gasteiger partial charge < -0.3 is 10.2 Å². The van der Waals surface area contributed by atoms with Gasteiger partial charge >= 0.3 is 0 Å². The van der Waals surface area contributed by atoms with Crippen LogP contribution in [0.2, 0.25) is 0 Å². The molecule has 7 nitrogen and oxygen atoms in total. The van der Waals surface area contributed by atoms with Crippen LogP contribution in [0.15, 0.2) is 77.7 Å². The lowest BCUT2D eigenvalue weighted by atomic mass is 10.1. The molecule has 3 aromatic carbocycles. The second-order valence-electron chi connectivity index (χ2n) is 8.17. The Kier molecular flexibility index (Phi) is 6.31. The number of carbonyl (C=O) groups is 2. The average Bonchev–Trinajstić information content (AvgIpc) is 3.22. The third-order valence-electron chi connectivity index (χ3n) is 5.32. The number of nitrogens with zero attached hydrogens (tertiary/aromatic N) is 1. The highest BCUT2D eigenvalue weighted by Gasteiger charge is 2.25. The van der Waals surface area contributed by atoms with Gasteiger partial charge in [0.1, 0.15) is 0 Å². The number of rotatable bonds is 6. The van der Waals surface area contributed by atoms with Gasteiger partial charge in [-0.05, 0) is 74.4 Å². The minimum atomic E-state index is -3.71. The Bertz CT molecular complexity index is 1300. The van der Waals surface area contributed by atoms with Crippen LogP contribution in [0.5, 0.6) is 0 Å². The molecule has 0 bridgehead atoms. The zero-order valence-electron chi connectivity index (χ0n) is 18.4. The maximum absolute atomic E-state index is 12.9. The molecule has 0 radical (unpaired) electrons. The van der Waals surface area contributed by atoms with E-state index in [-0.39, 0.29) is 22.4 Å². The molecule has 0 aromatic heterocycles. The van der Waals surface area contributed by atoms with Crippen molar-refractivity contribution in [2.45, 2.75) is 31.2 Å². The smallest absolute Gasteiger partial charge is 0.258 e. The second kappa shape index (κ2) is 9.17. The van der Waals surface area contributed by atoms with Crippen molar-refractivity contribution in [1.82, 2.24) is 4.72 Å². The van der Waals surface area contributed by atoms with Crippen molar-refractivity contribution >= 4 is 33.2 Å². The quantitative estimate of drug-likeness (QED) is 0.581. The van der Waals surface area contributed by atoms with Gasteiger partial charge in [0, 0.05) is 35.1 Å². The minimum Gasteiger partial charge on any atom is -0.322 e. The van der Waals surface area contributed by atoms with Crippen LogP contribution in [-0.2, 0) is 16.4 Å². The lowest BCUT2D eigenvalue weighted by Crippen LogP contribution is -2.30. The van der Waals surface area contributed by atoms with E-state index in [9.17, 15) is 18.0 Å². The van der Waals surface area contributed by atoms with Gasteiger partial charge in [0.25, 0.3) is 11.8 Å². The summed E-state index contributed by atoms with van der Waals surface area (Å²) in [5.74, 6) is -0.530. The second-order valence-corrected chi connectivity index (χ2v) is 9.88. The first-order valence-electron chi connectivity index (χ1n) is 10.7. The van der Waals surface area contributed by atoms with Crippen LogP contribution in [-0.4, -0.2) is 32.8 Å². The van der Waals surface area contributed by atoms with Crippen molar-refractivity contribution in [2.75, 3.05) is 16.8 Å². The molecule has 4 rings (SSSR count). The van der Waals surface area contributed by atoms with E-state index >= 15 is 0 Å². The highest BCUT2D eigenvalue weighted by Crippen LogP contribution is 2.29. The molecule has 2 amide bonds. The number of sulfonamides is 1. The molecule has 170 valence electrons. The molecule has 0 aliphatic carbocycles. The lowest BCUT2D eigenvalue weighted by Gasteiger charge is -2.17. The number of hydrogen-bond donors (Lipinski definition) is 2. The molecule has 33 heavy (non-hydrogen) atoms. The number of amides is 2. The summed E-state index contributed by atoms with van der Waals surface area (Å²) in [6.45, 7) is 4.09. The summed E-state index contributed by atoms with van der Waals surface area (Å²) in [6.07, 6.45) is 0.831. The zero-order chi connectivity index (χ0) is 23.6. The molecule has 0 fully saturated rings. The molecule has 0 atom stereocenters. The Morgan fingerprint density at radius 3 is 2.36 bits per heavy atom. The summed E-state index contributed by atoms with van der Waals surface area (Å²) in [6, 6.07) is 20.1. The fraction of sp³-hybridized carbons (Fsp3) is 0.200. The predicted molar refractivity (Wildman–Crippen MR) is 128 cm³/mol. The summed E-state index contributed by atoms with van der Waals surface area (Å²) in [4.78, 5) is 27.4. The van der Waals surface area contributed by atoms with Gasteiger partial charge in [-0.2, -0.15) is 0 Å². The van der Waals surface area contributed by atoms with Crippen molar-refractivity contribution in [3.63, 3.8) is 0 Å². The molecule has 1 aliphatic heterocycles. The molecule has 0 spiro atoms. The zero-order valence-corrected chi connectivity index (χ0v) is 19.2. The van der Waals surface area contributed by atoms with Crippen molar-refractivity contribution in [3.8, 4) is 0 Å². The Morgan fingerprint density at radius 2 is 1.64 bits per heavy atom. The van der Waals surface area contributed by atoms with Crippen LogP contribution in [0.25, 0.3) is 0 Å². The first-order chi connectivity index (χ1) is 15.7. The molecular weight excluding hydrogens is 438 g/mol. The summed E-state index contributed by atoms with van der Waals surface area (Å²) in [5, 5.41) is 2.75. The van der Waals surface area contributed by atoms with Crippen molar-refractivity contribution < 1.29 is 18.0 Å². The number of carbonyl (C=O) groups excluding carboxylic acids is 2. The molecule has 8 heteroatoms. The highest BCUT2D eigenvalue weighted by atomic mass is 32.2. The summed E-state index contributed by atoms with van der Waals surface area (Å²) in [5.41, 5.74) is 3.34. The first-order valence-corrected chi connectivity index (χ1v) is 12.2. The number of nitrogens with one attached hydrogen (secondary N) is 2. The SMILES string of the molecule is CC(C)NS(=O)(=O)c1cccc(C(=O)Nc2ccc(C(=O)N3CCc4ccccc43)cc2)c1. The number of benzene rings is 3. The monoisotopic (exact) mass is 463 g/mol. The van der Waals surface area contributed by atoms with Gasteiger partial charge in [-0.1, -0.05) is 24.3 Å². The van der Waals surface area contributed by atoms with Crippen LogP contribution in [0.3, 0.4) is 0 Å². The maximum atomic E-state index is 12.9. The molecule has 3 aromatic rings. The van der Waals surface area contributed by atoms with Gasteiger partial charge in [-0.15, -0.1) is 0 Å². The van der Waals surface area contributed by atoms with E-state index in [1.165, 1.54) is 18.2 Å². The first kappa shape index (κ1) is 22.7. The molecular formula is C25H25N3O4S. The third kappa shape index (κ3) is 4.97. The Hall–Kier alpha value is -3.49. The van der Waals surface area contributed by atoms with Crippen LogP contribution in [0, 0.1) is 0 Å². The van der Waals surface area contributed by atoms with Gasteiger partial charge in [-0.3, -0.25) is 9.59 Å². The molecule has 0 saturated carbocycles. The molecule has 1 heterocycles. The van der Waals surface area contributed by atoms with E-state index in [1.54, 1.807) is 49.1 Å². The van der Waals surface area contributed by atoms with E-state index in [2.05, 4.69) is 10.0 Å². The van der Waals surface area contributed by atoms with Gasteiger partial charge in [0.2, 0.25) is 10.0 Å². The van der Waals surface area contributed by atoms with Crippen LogP contribution < -0.4 is 14.9 Å². The summed E-state index contributed by atoms with van der Waals surface area (Å²) >= 11 is 0. The summed E-state index contributed by atoms with van der Waals surface area (Å²) in [7, 11) is -3.71. The van der Waals surface area contributed by atoms with E-state index in [0.717, 1.165) is 17.7 Å². The van der Waals surface area contributed by atoms with Crippen molar-refractivity contribution in [3.05, 3.63) is 89.5 Å². The lowest BCUT2D eigenvalue weighted by molar-refractivity contribution is 0.0988. The standard InChI is InChI=1S/C25H25N3O4S/c1-17(2)27-33(31,32)22-8-5-7-20(16-22)24(29)26-21-12-10-19(11-13-21)25(30)28-15-14-18-6-3-4-9-23(18)28/h3-13,16-17,27H,14-15H2,1-2H3,(H,26,29). The van der Waals surface area contributed by atoms with Crippen molar-refractivity contribution in [1.29, 1.82) is 0 Å². The number of hydrogen-bond acceptors (Lipinski definition) is 4. The third-order valence-corrected chi connectivity index (χ3v) is 6.98. The van der Waals surface area contributed by atoms with Gasteiger partial charge in [0.15, 0.2) is 0 Å². The topological polar surface area (TPSA) is 95.6 Å². The highest BCUT2D eigenvalue weighted by molar-refractivity contribution is 7.89. The number of fused-ring (bicyclic) bond motifs is 1. The van der Waals surface area contributed by atoms with Crippen LogP contribution in [0.4, 0.5) is 11.4 Å². The molecule has 0 unspecified atom stereocenters. The molecule has 0 saturated heterocycles. The normalized spacial score (nSPS) is 13.1. The van der Waals surface area contributed by atoms with Crippen LogP contribution in [0.1, 0.15) is 40.1 Å². The maximum Gasteiger partial charge on any atom is 0.258 e.